The zero-order valence-corrected chi connectivity index (χ0v) is 36.8. The number of amides is 4. The number of nitrogens with zero attached hydrogens (tertiary/aromatic N) is 4. The van der Waals surface area contributed by atoms with Crippen LogP contribution in [0.2, 0.25) is 0 Å². The van der Waals surface area contributed by atoms with Crippen molar-refractivity contribution in [2.24, 2.45) is 11.7 Å². The molecule has 7 N–H and O–H groups in total. The summed E-state index contributed by atoms with van der Waals surface area (Å²) in [6, 6.07) is 20.3. The summed E-state index contributed by atoms with van der Waals surface area (Å²) >= 11 is 0. The quantitative estimate of drug-likeness (QED) is 0.0273. The lowest BCUT2D eigenvalue weighted by Crippen LogP contribution is -2.49. The lowest BCUT2D eigenvalue weighted by atomic mass is 10.0. The summed E-state index contributed by atoms with van der Waals surface area (Å²) in [5, 5.41) is 11.3. The van der Waals surface area contributed by atoms with Crippen molar-refractivity contribution in [2.75, 3.05) is 27.0 Å². The van der Waals surface area contributed by atoms with Crippen LogP contribution < -0.4 is 15.6 Å². The van der Waals surface area contributed by atoms with Gasteiger partial charge < -0.3 is 49.9 Å². The summed E-state index contributed by atoms with van der Waals surface area (Å²) in [4.78, 5) is 84.7. The van der Waals surface area contributed by atoms with Crippen molar-refractivity contribution in [3.05, 3.63) is 102 Å². The Morgan fingerprint density at radius 3 is 1.80 bits per heavy atom. The highest BCUT2D eigenvalue weighted by Gasteiger charge is 2.39. The number of phosphoric ester groups is 1. The van der Waals surface area contributed by atoms with Crippen molar-refractivity contribution in [2.45, 2.75) is 70.2 Å². The average Bonchev–Trinajstić information content (AvgIpc) is 4.15. The molecule has 2 saturated heterocycles. The fourth-order valence-corrected chi connectivity index (χ4v) is 8.74. The molecular weight excluding hydrogens is 864 g/mol. The fraction of sp³-hybridized carbons (Fsp3) is 0.364. The van der Waals surface area contributed by atoms with Gasteiger partial charge in [-0.2, -0.15) is 4.89 Å². The predicted molar refractivity (Wildman–Crippen MR) is 233 cm³/mol. The molecule has 5 atom stereocenters. The van der Waals surface area contributed by atoms with E-state index in [1.165, 1.54) is 19.2 Å². The normalized spacial score (nSPS) is 17.9. The molecule has 5 aromatic rings. The number of primary amides is 1. The fourth-order valence-electron chi connectivity index (χ4n) is 8.14. The Balaban J connectivity index is 0.987. The first kappa shape index (κ1) is 46.4. The van der Waals surface area contributed by atoms with E-state index in [2.05, 4.69) is 34.8 Å². The second-order valence-corrected chi connectivity index (χ2v) is 17.2. The van der Waals surface area contributed by atoms with Crippen LogP contribution in [0.25, 0.3) is 33.6 Å². The van der Waals surface area contributed by atoms with E-state index in [0.29, 0.717) is 36.7 Å². The van der Waals surface area contributed by atoms with E-state index in [0.717, 1.165) is 52.9 Å². The number of aliphatic hydroxyl groups is 1. The van der Waals surface area contributed by atoms with Crippen LogP contribution in [0.5, 0.6) is 5.75 Å². The van der Waals surface area contributed by atoms with Gasteiger partial charge in [0.15, 0.2) is 12.9 Å². The molecule has 4 amide bonds. The number of likely N-dealkylation sites (tertiary alicyclic amines) is 2. The van der Waals surface area contributed by atoms with Crippen molar-refractivity contribution in [3.63, 3.8) is 0 Å². The third kappa shape index (κ3) is 11.2. The molecule has 4 heterocycles. The number of carbonyl (C=O) groups excluding carboxylic acids is 4. The number of rotatable bonds is 17. The number of aliphatic hydroxyl groups excluding tert-OH is 1. The molecule has 20 nitrogen and oxygen atoms in total. The molecule has 3 aromatic carbocycles. The number of nitrogens with two attached hydrogens (primary N) is 1. The number of aromatic amines is 2. The van der Waals surface area contributed by atoms with Gasteiger partial charge in [0.05, 0.1) is 43.0 Å². The summed E-state index contributed by atoms with van der Waals surface area (Å²) in [7, 11) is -3.46. The molecule has 344 valence electrons. The van der Waals surface area contributed by atoms with Crippen LogP contribution >= 0.6 is 7.82 Å². The number of methoxy groups -OCH3 is 1. The van der Waals surface area contributed by atoms with Crippen LogP contribution in [0, 0.1) is 5.92 Å². The van der Waals surface area contributed by atoms with Crippen molar-refractivity contribution in [1.82, 2.24) is 35.1 Å². The molecule has 0 radical (unpaired) electrons. The summed E-state index contributed by atoms with van der Waals surface area (Å²) in [5.74, 6) is 0.369. The molecule has 65 heavy (non-hydrogen) atoms. The molecule has 2 aliphatic rings. The summed E-state index contributed by atoms with van der Waals surface area (Å²) in [5.41, 5.74) is 11.3. The molecular formula is C44H51N8O12P. The van der Waals surface area contributed by atoms with E-state index in [1.54, 1.807) is 34.3 Å². The SMILES string of the molecule is COC(=O)N[C@@H](Cc1ccc(OP(=O)(O)OOCO)cc1)C(=O)N1CCC[C@H]1c1ncc(-c2ccc(-c3ccc(-c4cnc([C@@H]5CCCN5C(=O)[C@@H](OC(N)=O)C(C)C)[nH]4)cc3)cc2)[nH]1. The second kappa shape index (κ2) is 20.5. The van der Waals surface area contributed by atoms with Gasteiger partial charge in [-0.1, -0.05) is 74.5 Å². The zero-order valence-electron chi connectivity index (χ0n) is 35.9. The lowest BCUT2D eigenvalue weighted by Gasteiger charge is -2.29. The van der Waals surface area contributed by atoms with Gasteiger partial charge in [0.1, 0.15) is 23.4 Å². The minimum absolute atomic E-state index is 0.0372. The molecule has 1 unspecified atom stereocenters. The Labute approximate surface area is 373 Å². The number of benzene rings is 3. The largest absolute Gasteiger partial charge is 0.555 e. The molecule has 0 saturated carbocycles. The number of nitrogens with one attached hydrogen (secondary N) is 3. The highest BCUT2D eigenvalue weighted by molar-refractivity contribution is 7.47. The number of H-pyrrole nitrogens is 2. The summed E-state index contributed by atoms with van der Waals surface area (Å²) in [6.07, 6.45) is 3.71. The van der Waals surface area contributed by atoms with Crippen LogP contribution in [-0.2, 0) is 39.6 Å². The maximum atomic E-state index is 14.1. The number of hydrogen-bond donors (Lipinski definition) is 6. The second-order valence-electron chi connectivity index (χ2n) is 15.9. The number of carbonyl (C=O) groups is 4. The average molecular weight is 915 g/mol. The van der Waals surface area contributed by atoms with Crippen LogP contribution in [0.15, 0.2) is 85.2 Å². The van der Waals surface area contributed by atoms with Crippen molar-refractivity contribution in [1.29, 1.82) is 0 Å². The first-order valence-electron chi connectivity index (χ1n) is 21.0. The minimum atomic E-state index is -4.66. The molecule has 21 heteroatoms. The molecule has 2 aromatic heterocycles. The van der Waals surface area contributed by atoms with E-state index in [1.807, 2.05) is 62.4 Å². The molecule has 7 rings (SSSR count). The van der Waals surface area contributed by atoms with E-state index in [4.69, 9.17) is 24.8 Å². The van der Waals surface area contributed by atoms with Gasteiger partial charge in [0.25, 0.3) is 5.91 Å². The monoisotopic (exact) mass is 914 g/mol. The van der Waals surface area contributed by atoms with E-state index >= 15 is 0 Å². The molecule has 0 aliphatic carbocycles. The Hall–Kier alpha value is -6.57. The highest BCUT2D eigenvalue weighted by atomic mass is 31.2. The lowest BCUT2D eigenvalue weighted by molar-refractivity contribution is -0.264. The van der Waals surface area contributed by atoms with Crippen LogP contribution in [0.3, 0.4) is 0 Å². The number of alkyl carbamates (subject to hydrolysis) is 1. The first-order chi connectivity index (χ1) is 31.2. The maximum absolute atomic E-state index is 14.1. The number of aromatic nitrogens is 4. The van der Waals surface area contributed by atoms with Gasteiger partial charge in [-0.15, -0.1) is 4.67 Å². The van der Waals surface area contributed by atoms with Crippen LogP contribution in [0.4, 0.5) is 9.59 Å². The Kier molecular flexibility index (Phi) is 14.6. The standard InChI is InChI=1S/C44H51N8O12P/c1-26(2)38(62-43(45)56)42(55)52-21-5-7-37(52)40-47-24-35(49-40)31-16-12-29(13-17-31)28-10-14-30(15-11-28)34-23-46-39(48-34)36-6-4-20-51(36)41(54)33(50-44(57)60-3)22-27-8-18-32(19-9-27)63-65(58,59)64-61-25-53/h8-19,23-24,26,33,36-38,53H,4-7,20-22,25H2,1-3H3,(H2,45,56)(H,46,48)(H,47,49)(H,50,57)(H,58,59)/t33-,36-,37-,38-/m0/s1. The zero-order chi connectivity index (χ0) is 46.3. The predicted octanol–water partition coefficient (Wildman–Crippen LogP) is 5.93. The van der Waals surface area contributed by atoms with E-state index < -0.39 is 38.9 Å². The maximum Gasteiger partial charge on any atom is 0.555 e. The van der Waals surface area contributed by atoms with Crippen molar-refractivity contribution >= 4 is 31.8 Å². The van der Waals surface area contributed by atoms with Gasteiger partial charge in [-0.05, 0) is 71.6 Å². The molecule has 2 aliphatic heterocycles. The van der Waals surface area contributed by atoms with Crippen molar-refractivity contribution in [3.8, 4) is 39.4 Å². The molecule has 2 fully saturated rings. The first-order valence-corrected chi connectivity index (χ1v) is 22.5. The number of imidazole rings is 2. The molecule has 0 bridgehead atoms. The topological polar surface area (TPSA) is 274 Å². The van der Waals surface area contributed by atoms with E-state index in [-0.39, 0.29) is 42.0 Å². The third-order valence-corrected chi connectivity index (χ3v) is 12.0. The van der Waals surface area contributed by atoms with Gasteiger partial charge in [-0.25, -0.2) is 24.1 Å². The number of phosphoric acid groups is 1. The smallest absolute Gasteiger partial charge is 0.453 e. The van der Waals surface area contributed by atoms with Crippen LogP contribution in [-0.4, -0.2) is 103 Å². The Bertz CT molecular complexity index is 2500. The summed E-state index contributed by atoms with van der Waals surface area (Å²) < 4.78 is 31.0. The molecule has 0 spiro atoms. The van der Waals surface area contributed by atoms with E-state index in [9.17, 15) is 28.6 Å². The Morgan fingerprint density at radius 2 is 1.32 bits per heavy atom. The van der Waals surface area contributed by atoms with Gasteiger partial charge in [-0.3, -0.25) is 14.5 Å². The van der Waals surface area contributed by atoms with Crippen LogP contribution in [0.1, 0.15) is 68.8 Å². The van der Waals surface area contributed by atoms with Gasteiger partial charge in [0, 0.05) is 19.5 Å². The van der Waals surface area contributed by atoms with Gasteiger partial charge in [0.2, 0.25) is 5.91 Å². The number of ether oxygens (including phenoxy) is 2. The van der Waals surface area contributed by atoms with Gasteiger partial charge >= 0.3 is 20.0 Å². The number of hydrogen-bond acceptors (Lipinski definition) is 13. The highest BCUT2D eigenvalue weighted by Crippen LogP contribution is 2.44. The van der Waals surface area contributed by atoms with Crippen molar-refractivity contribution < 1.29 is 57.3 Å². The third-order valence-electron chi connectivity index (χ3n) is 11.3. The summed E-state index contributed by atoms with van der Waals surface area (Å²) in [6.45, 7) is 3.63. The minimum Gasteiger partial charge on any atom is -0.453 e. The Morgan fingerprint density at radius 1 is 0.815 bits per heavy atom.